The predicted molar refractivity (Wildman–Crippen MR) is 110 cm³/mol. The molecule has 29 heavy (non-hydrogen) atoms. The van der Waals surface area contributed by atoms with Crippen LogP contribution in [0.25, 0.3) is 16.8 Å². The van der Waals surface area contributed by atoms with E-state index < -0.39 is 0 Å². The molecule has 0 unspecified atom stereocenters. The molecule has 3 aromatic heterocycles. The van der Waals surface area contributed by atoms with Gasteiger partial charge in [0.15, 0.2) is 11.5 Å². The van der Waals surface area contributed by atoms with Crippen LogP contribution < -0.4 is 0 Å². The van der Waals surface area contributed by atoms with Gasteiger partial charge in [0.1, 0.15) is 5.82 Å². The summed E-state index contributed by atoms with van der Waals surface area (Å²) in [6, 6.07) is 14.9. The summed E-state index contributed by atoms with van der Waals surface area (Å²) in [7, 11) is 0. The maximum absolute atomic E-state index is 13.5. The Balaban J connectivity index is 1.35. The Morgan fingerprint density at radius 2 is 2.03 bits per heavy atom. The number of likely N-dealkylation sites (tertiary alicyclic amines) is 1. The zero-order valence-corrected chi connectivity index (χ0v) is 16.1. The van der Waals surface area contributed by atoms with E-state index in [1.807, 2.05) is 41.2 Å². The molecule has 4 heterocycles. The second-order valence-electron chi connectivity index (χ2n) is 7.64. The fraction of sp³-hybridized carbons (Fsp3) is 0.261. The number of aromatic nitrogens is 4. The van der Waals surface area contributed by atoms with E-state index in [9.17, 15) is 4.39 Å². The van der Waals surface area contributed by atoms with Gasteiger partial charge in [-0.1, -0.05) is 18.2 Å². The molecule has 0 radical (unpaired) electrons. The first-order chi connectivity index (χ1) is 14.2. The monoisotopic (exact) mass is 387 g/mol. The number of nitrogens with zero attached hydrogens (tertiary/aromatic N) is 5. The zero-order chi connectivity index (χ0) is 19.6. The normalized spacial score (nSPS) is 17.6. The highest BCUT2D eigenvalue weighted by Crippen LogP contribution is 2.27. The van der Waals surface area contributed by atoms with Crippen LogP contribution in [-0.4, -0.2) is 37.6 Å². The van der Waals surface area contributed by atoms with Crippen LogP contribution in [0.5, 0.6) is 0 Å². The molecule has 1 aliphatic rings. The summed E-state index contributed by atoms with van der Waals surface area (Å²) < 4.78 is 15.4. The number of piperidine rings is 1. The lowest BCUT2D eigenvalue weighted by molar-refractivity contribution is 0.196. The summed E-state index contributed by atoms with van der Waals surface area (Å²) in [5.41, 5.74) is 3.99. The molecule has 5 rings (SSSR count). The second kappa shape index (κ2) is 7.72. The van der Waals surface area contributed by atoms with Gasteiger partial charge < -0.3 is 0 Å². The molecule has 146 valence electrons. The molecule has 1 aromatic carbocycles. The van der Waals surface area contributed by atoms with Crippen molar-refractivity contribution in [2.24, 2.45) is 0 Å². The number of benzene rings is 1. The predicted octanol–water partition coefficient (Wildman–Crippen LogP) is 4.31. The maximum atomic E-state index is 13.5. The van der Waals surface area contributed by atoms with Gasteiger partial charge in [-0.3, -0.25) is 9.88 Å². The first-order valence-corrected chi connectivity index (χ1v) is 9.98. The van der Waals surface area contributed by atoms with Crippen molar-refractivity contribution in [1.82, 2.24) is 24.5 Å². The van der Waals surface area contributed by atoms with Gasteiger partial charge in [-0.05, 0) is 55.3 Å². The lowest BCUT2D eigenvalue weighted by Crippen LogP contribution is -2.34. The van der Waals surface area contributed by atoms with Gasteiger partial charge in [-0.2, -0.15) is 5.10 Å². The average molecular weight is 387 g/mol. The van der Waals surface area contributed by atoms with Crippen molar-refractivity contribution in [3.63, 3.8) is 0 Å². The molecule has 0 spiro atoms. The van der Waals surface area contributed by atoms with Gasteiger partial charge in [0.2, 0.25) is 0 Å². The van der Waals surface area contributed by atoms with Gasteiger partial charge in [0.05, 0.1) is 0 Å². The summed E-state index contributed by atoms with van der Waals surface area (Å²) >= 11 is 0. The van der Waals surface area contributed by atoms with Gasteiger partial charge >= 0.3 is 0 Å². The Hall–Kier alpha value is -3.12. The van der Waals surface area contributed by atoms with E-state index in [0.29, 0.717) is 5.92 Å². The van der Waals surface area contributed by atoms with Crippen molar-refractivity contribution in [3.05, 3.63) is 84.3 Å². The SMILES string of the molecule is Fc1cccc(CN2CCC[C@H](c3nc4ccc(-c5cccnc5)cn4n3)C2)c1. The van der Waals surface area contributed by atoms with E-state index >= 15 is 0 Å². The van der Waals surface area contributed by atoms with Crippen LogP contribution in [0.15, 0.2) is 67.1 Å². The van der Waals surface area contributed by atoms with Crippen LogP contribution in [0.2, 0.25) is 0 Å². The van der Waals surface area contributed by atoms with E-state index in [4.69, 9.17) is 10.1 Å². The van der Waals surface area contributed by atoms with Gasteiger partial charge in [-0.25, -0.2) is 13.9 Å². The van der Waals surface area contributed by atoms with Crippen molar-refractivity contribution in [2.75, 3.05) is 13.1 Å². The zero-order valence-electron chi connectivity index (χ0n) is 16.1. The Morgan fingerprint density at radius 3 is 2.90 bits per heavy atom. The van der Waals surface area contributed by atoms with Gasteiger partial charge in [-0.15, -0.1) is 0 Å². The van der Waals surface area contributed by atoms with Gasteiger partial charge in [0.25, 0.3) is 0 Å². The molecule has 1 saturated heterocycles. The third-order valence-corrected chi connectivity index (χ3v) is 5.51. The first-order valence-electron chi connectivity index (χ1n) is 9.98. The molecule has 0 saturated carbocycles. The van der Waals surface area contributed by atoms with E-state index in [0.717, 1.165) is 60.6 Å². The Labute approximate surface area is 168 Å². The summed E-state index contributed by atoms with van der Waals surface area (Å²) in [5.74, 6) is 0.999. The smallest absolute Gasteiger partial charge is 0.156 e. The van der Waals surface area contributed by atoms with E-state index in [2.05, 4.69) is 16.0 Å². The fourth-order valence-corrected chi connectivity index (χ4v) is 4.08. The van der Waals surface area contributed by atoms with E-state index in [-0.39, 0.29) is 5.82 Å². The molecule has 1 fully saturated rings. The molecule has 1 atom stereocenters. The third kappa shape index (κ3) is 3.89. The van der Waals surface area contributed by atoms with Crippen molar-refractivity contribution < 1.29 is 4.39 Å². The minimum absolute atomic E-state index is 0.178. The number of rotatable bonds is 4. The minimum Gasteiger partial charge on any atom is -0.298 e. The van der Waals surface area contributed by atoms with Crippen LogP contribution in [0, 0.1) is 5.82 Å². The maximum Gasteiger partial charge on any atom is 0.156 e. The molecule has 1 aliphatic heterocycles. The number of fused-ring (bicyclic) bond motifs is 1. The third-order valence-electron chi connectivity index (χ3n) is 5.51. The highest BCUT2D eigenvalue weighted by atomic mass is 19.1. The van der Waals surface area contributed by atoms with E-state index in [1.165, 1.54) is 6.07 Å². The molecule has 5 nitrogen and oxygen atoms in total. The molecule has 0 amide bonds. The summed E-state index contributed by atoms with van der Waals surface area (Å²) in [4.78, 5) is 11.3. The lowest BCUT2D eigenvalue weighted by Gasteiger charge is -2.31. The topological polar surface area (TPSA) is 46.3 Å². The molecule has 0 aliphatic carbocycles. The number of hydrogen-bond acceptors (Lipinski definition) is 4. The van der Waals surface area contributed by atoms with Crippen LogP contribution >= 0.6 is 0 Å². The Morgan fingerprint density at radius 1 is 1.07 bits per heavy atom. The number of pyridine rings is 2. The number of halogens is 1. The first kappa shape index (κ1) is 17.9. The molecular formula is C23H22FN5. The Bertz CT molecular complexity index is 1120. The largest absolute Gasteiger partial charge is 0.298 e. The van der Waals surface area contributed by atoms with Crippen LogP contribution in [0.3, 0.4) is 0 Å². The summed E-state index contributed by atoms with van der Waals surface area (Å²) in [6.45, 7) is 2.67. The van der Waals surface area contributed by atoms with Crippen molar-refractivity contribution in [3.8, 4) is 11.1 Å². The van der Waals surface area contributed by atoms with E-state index in [1.54, 1.807) is 18.3 Å². The quantitative estimate of drug-likeness (QED) is 0.524. The van der Waals surface area contributed by atoms with Crippen LogP contribution in [-0.2, 0) is 6.54 Å². The standard InChI is InChI=1S/C23H22FN5/c24-21-7-1-4-17(12-21)14-28-11-3-6-20(15-28)23-26-22-9-8-19(16-29(22)27-23)18-5-2-10-25-13-18/h1-2,4-5,7-10,12-13,16,20H,3,6,11,14-15H2/t20-/m0/s1. The summed E-state index contributed by atoms with van der Waals surface area (Å²) in [6.07, 6.45) is 7.80. The number of hydrogen-bond donors (Lipinski definition) is 0. The second-order valence-corrected chi connectivity index (χ2v) is 7.64. The molecular weight excluding hydrogens is 365 g/mol. The van der Waals surface area contributed by atoms with Crippen molar-refractivity contribution >= 4 is 5.65 Å². The summed E-state index contributed by atoms with van der Waals surface area (Å²) in [5, 5.41) is 4.78. The van der Waals surface area contributed by atoms with Crippen LogP contribution in [0.1, 0.15) is 30.1 Å². The molecule has 4 aromatic rings. The van der Waals surface area contributed by atoms with Crippen molar-refractivity contribution in [2.45, 2.75) is 25.3 Å². The van der Waals surface area contributed by atoms with Crippen LogP contribution in [0.4, 0.5) is 4.39 Å². The fourth-order valence-electron chi connectivity index (χ4n) is 4.08. The van der Waals surface area contributed by atoms with Gasteiger partial charge in [0, 0.05) is 48.7 Å². The highest BCUT2D eigenvalue weighted by Gasteiger charge is 2.25. The minimum atomic E-state index is -0.178. The van der Waals surface area contributed by atoms with Crippen molar-refractivity contribution in [1.29, 1.82) is 0 Å². The highest BCUT2D eigenvalue weighted by molar-refractivity contribution is 5.63. The molecule has 0 bridgehead atoms. The Kier molecular flexibility index (Phi) is 4.77. The average Bonchev–Trinajstić information content (AvgIpc) is 3.18. The molecule has 0 N–H and O–H groups in total. The lowest BCUT2D eigenvalue weighted by atomic mass is 9.97. The molecule has 6 heteroatoms.